The standard InChI is InChI=1S/C18H25ClN2O5/c1-23-16-5-3-14(11-17(16)24-2)4-6-18(19)20-26-13-15(22)12-21-7-9-25-10-8-21/h3-6,11,15,22H,7-10,12-13H2,1-2H3/b6-4+,20-18-. The molecule has 0 aliphatic carbocycles. The highest BCUT2D eigenvalue weighted by atomic mass is 35.5. The molecule has 1 aliphatic heterocycles. The lowest BCUT2D eigenvalue weighted by atomic mass is 10.2. The van der Waals surface area contributed by atoms with Crippen molar-refractivity contribution >= 4 is 22.8 Å². The molecule has 1 N–H and O–H groups in total. The second-order valence-electron chi connectivity index (χ2n) is 5.72. The Bertz CT molecular complexity index is 618. The molecular formula is C18H25ClN2O5. The number of allylic oxidation sites excluding steroid dienone is 1. The van der Waals surface area contributed by atoms with Crippen molar-refractivity contribution in [3.05, 3.63) is 29.8 Å². The minimum absolute atomic E-state index is 0.0811. The molecule has 0 radical (unpaired) electrons. The molecule has 0 spiro atoms. The lowest BCUT2D eigenvalue weighted by Crippen LogP contribution is -2.42. The van der Waals surface area contributed by atoms with Crippen LogP contribution in [0.4, 0.5) is 0 Å². The molecular weight excluding hydrogens is 360 g/mol. The predicted octanol–water partition coefficient (Wildman–Crippen LogP) is 1.98. The number of morpholine rings is 1. The van der Waals surface area contributed by atoms with Gasteiger partial charge in [-0.2, -0.15) is 0 Å². The zero-order chi connectivity index (χ0) is 18.8. The molecule has 8 heteroatoms. The highest BCUT2D eigenvalue weighted by Crippen LogP contribution is 2.27. The summed E-state index contributed by atoms with van der Waals surface area (Å²) in [6.07, 6.45) is 2.76. The lowest BCUT2D eigenvalue weighted by molar-refractivity contribution is -0.0129. The van der Waals surface area contributed by atoms with E-state index in [4.69, 9.17) is 30.6 Å². The summed E-state index contributed by atoms with van der Waals surface area (Å²) >= 11 is 6.01. The van der Waals surface area contributed by atoms with Gasteiger partial charge < -0.3 is 24.2 Å². The third-order valence-corrected chi connectivity index (χ3v) is 4.01. The van der Waals surface area contributed by atoms with Gasteiger partial charge in [-0.05, 0) is 23.8 Å². The first-order valence-electron chi connectivity index (χ1n) is 8.36. The van der Waals surface area contributed by atoms with Crippen molar-refractivity contribution in [1.82, 2.24) is 4.90 Å². The molecule has 2 rings (SSSR count). The van der Waals surface area contributed by atoms with E-state index in [0.717, 1.165) is 18.7 Å². The van der Waals surface area contributed by atoms with Crippen LogP contribution in [0.5, 0.6) is 11.5 Å². The van der Waals surface area contributed by atoms with Gasteiger partial charge in [-0.3, -0.25) is 4.90 Å². The fourth-order valence-electron chi connectivity index (χ4n) is 2.47. The second kappa shape index (κ2) is 11.0. The molecule has 1 aliphatic rings. The normalized spacial score (nSPS) is 17.3. The van der Waals surface area contributed by atoms with Crippen molar-refractivity contribution in [2.45, 2.75) is 6.10 Å². The van der Waals surface area contributed by atoms with Crippen LogP contribution < -0.4 is 9.47 Å². The van der Waals surface area contributed by atoms with Crippen LogP contribution in [0, 0.1) is 0 Å². The zero-order valence-corrected chi connectivity index (χ0v) is 15.8. The summed E-state index contributed by atoms with van der Waals surface area (Å²) in [5.74, 6) is 1.28. The minimum atomic E-state index is -0.629. The molecule has 1 unspecified atom stereocenters. The molecule has 0 amide bonds. The van der Waals surface area contributed by atoms with Crippen LogP contribution in [-0.2, 0) is 9.57 Å². The first-order chi connectivity index (χ1) is 12.6. The first kappa shape index (κ1) is 20.5. The van der Waals surface area contributed by atoms with E-state index in [9.17, 15) is 5.11 Å². The summed E-state index contributed by atoms with van der Waals surface area (Å²) in [4.78, 5) is 7.25. The molecule has 7 nitrogen and oxygen atoms in total. The quantitative estimate of drug-likeness (QED) is 0.518. The maximum absolute atomic E-state index is 9.97. The fourth-order valence-corrected chi connectivity index (χ4v) is 2.58. The Morgan fingerprint density at radius 3 is 2.73 bits per heavy atom. The Morgan fingerprint density at radius 1 is 1.31 bits per heavy atom. The van der Waals surface area contributed by atoms with Crippen molar-refractivity contribution in [2.24, 2.45) is 5.16 Å². The SMILES string of the molecule is COc1ccc(/C=C/C(Cl)=N/OCC(O)CN2CCOCC2)cc1OC. The van der Waals surface area contributed by atoms with Gasteiger partial charge in [-0.1, -0.05) is 28.9 Å². The Labute approximate surface area is 158 Å². The summed E-state index contributed by atoms with van der Waals surface area (Å²) in [7, 11) is 3.16. The molecule has 26 heavy (non-hydrogen) atoms. The van der Waals surface area contributed by atoms with Gasteiger partial charge in [0.2, 0.25) is 0 Å². The van der Waals surface area contributed by atoms with Crippen molar-refractivity contribution in [3.63, 3.8) is 0 Å². The number of methoxy groups -OCH3 is 2. The number of benzene rings is 1. The maximum atomic E-state index is 9.97. The zero-order valence-electron chi connectivity index (χ0n) is 15.1. The minimum Gasteiger partial charge on any atom is -0.493 e. The van der Waals surface area contributed by atoms with Gasteiger partial charge in [0.1, 0.15) is 12.7 Å². The van der Waals surface area contributed by atoms with Gasteiger partial charge in [-0.15, -0.1) is 0 Å². The Kier molecular flexibility index (Phi) is 8.70. The Balaban J connectivity index is 1.79. The van der Waals surface area contributed by atoms with Crippen LogP contribution in [0.15, 0.2) is 29.4 Å². The molecule has 1 fully saturated rings. The topological polar surface area (TPSA) is 72.8 Å². The van der Waals surface area contributed by atoms with Crippen LogP contribution in [0.1, 0.15) is 5.56 Å². The van der Waals surface area contributed by atoms with Gasteiger partial charge in [0, 0.05) is 19.6 Å². The van der Waals surface area contributed by atoms with E-state index in [0.29, 0.717) is 31.3 Å². The number of hydrogen-bond acceptors (Lipinski definition) is 7. The van der Waals surface area contributed by atoms with Crippen molar-refractivity contribution < 1.29 is 24.2 Å². The van der Waals surface area contributed by atoms with E-state index in [1.165, 1.54) is 0 Å². The second-order valence-corrected chi connectivity index (χ2v) is 6.11. The molecule has 1 atom stereocenters. The molecule has 0 bridgehead atoms. The van der Waals surface area contributed by atoms with Crippen LogP contribution >= 0.6 is 11.6 Å². The lowest BCUT2D eigenvalue weighted by Gasteiger charge is -2.28. The third-order valence-electron chi connectivity index (χ3n) is 3.81. The van der Waals surface area contributed by atoms with Gasteiger partial charge in [0.25, 0.3) is 0 Å². The van der Waals surface area contributed by atoms with Crippen molar-refractivity contribution in [3.8, 4) is 11.5 Å². The van der Waals surface area contributed by atoms with E-state index in [1.54, 1.807) is 26.4 Å². The number of nitrogens with zero attached hydrogens (tertiary/aromatic N) is 2. The maximum Gasteiger partial charge on any atom is 0.168 e. The first-order valence-corrected chi connectivity index (χ1v) is 8.74. The number of aliphatic hydroxyl groups is 1. The molecule has 144 valence electrons. The van der Waals surface area contributed by atoms with E-state index >= 15 is 0 Å². The summed E-state index contributed by atoms with van der Waals surface area (Å²) in [6.45, 7) is 3.62. The summed E-state index contributed by atoms with van der Waals surface area (Å²) < 4.78 is 15.7. The number of ether oxygens (including phenoxy) is 3. The average molecular weight is 385 g/mol. The van der Waals surface area contributed by atoms with Crippen LogP contribution in [0.25, 0.3) is 6.08 Å². The van der Waals surface area contributed by atoms with Crippen LogP contribution in [0.3, 0.4) is 0 Å². The van der Waals surface area contributed by atoms with E-state index in [2.05, 4.69) is 10.1 Å². The predicted molar refractivity (Wildman–Crippen MR) is 101 cm³/mol. The van der Waals surface area contributed by atoms with Crippen LogP contribution in [0.2, 0.25) is 0 Å². The third kappa shape index (κ3) is 6.84. The summed E-state index contributed by atoms with van der Waals surface area (Å²) in [5, 5.41) is 13.9. The van der Waals surface area contributed by atoms with Gasteiger partial charge >= 0.3 is 0 Å². The Hall–Kier alpha value is -1.80. The number of oxime groups is 1. The van der Waals surface area contributed by atoms with Gasteiger partial charge in [0.05, 0.1) is 27.4 Å². The number of aliphatic hydroxyl groups excluding tert-OH is 1. The van der Waals surface area contributed by atoms with E-state index in [-0.39, 0.29) is 11.8 Å². The highest BCUT2D eigenvalue weighted by molar-refractivity contribution is 6.68. The van der Waals surface area contributed by atoms with Crippen molar-refractivity contribution in [1.29, 1.82) is 0 Å². The number of rotatable bonds is 9. The monoisotopic (exact) mass is 384 g/mol. The number of β-amino-alcohol motifs (C(OH)–C–C–N with tert-alkyl or cyclic N) is 1. The molecule has 1 heterocycles. The summed E-state index contributed by atoms with van der Waals surface area (Å²) in [6, 6.07) is 5.50. The van der Waals surface area contributed by atoms with Gasteiger partial charge in [0.15, 0.2) is 16.7 Å². The molecule has 1 aromatic rings. The number of halogens is 1. The number of hydrogen-bond donors (Lipinski definition) is 1. The van der Waals surface area contributed by atoms with E-state index in [1.807, 2.05) is 18.2 Å². The molecule has 0 saturated carbocycles. The smallest absolute Gasteiger partial charge is 0.168 e. The molecule has 0 aromatic heterocycles. The average Bonchev–Trinajstić information content (AvgIpc) is 2.66. The molecule has 1 aromatic carbocycles. The summed E-state index contributed by atoms with van der Waals surface area (Å²) in [5.41, 5.74) is 0.878. The van der Waals surface area contributed by atoms with Crippen LogP contribution in [-0.4, -0.2) is 75.0 Å². The molecule has 1 saturated heterocycles. The highest BCUT2D eigenvalue weighted by Gasteiger charge is 2.15. The largest absolute Gasteiger partial charge is 0.493 e. The van der Waals surface area contributed by atoms with Gasteiger partial charge in [-0.25, -0.2) is 0 Å². The fraction of sp³-hybridized carbons (Fsp3) is 0.500. The van der Waals surface area contributed by atoms with E-state index < -0.39 is 6.10 Å². The Morgan fingerprint density at radius 2 is 2.04 bits per heavy atom. The van der Waals surface area contributed by atoms with Crippen molar-refractivity contribution in [2.75, 3.05) is 53.7 Å².